The van der Waals surface area contributed by atoms with Crippen LogP contribution in [0.25, 0.3) is 10.1 Å². The fourth-order valence-corrected chi connectivity index (χ4v) is 4.81. The number of esters is 1. The van der Waals surface area contributed by atoms with Crippen molar-refractivity contribution in [3.05, 3.63) is 81.6 Å². The van der Waals surface area contributed by atoms with Crippen LogP contribution in [0, 0.1) is 0 Å². The molecule has 0 atom stereocenters. The summed E-state index contributed by atoms with van der Waals surface area (Å²) in [6.45, 7) is 6.68. The van der Waals surface area contributed by atoms with E-state index in [4.69, 9.17) is 25.5 Å². The molecule has 0 aliphatic heterocycles. The number of hydrogen-bond acceptors (Lipinski definition) is 6. The number of furan rings is 1. The molecule has 0 bridgehead atoms. The lowest BCUT2D eigenvalue weighted by Gasteiger charge is -2.19. The molecule has 0 spiro atoms. The summed E-state index contributed by atoms with van der Waals surface area (Å²) in [4.78, 5) is 24.8. The molecule has 2 heterocycles. The summed E-state index contributed by atoms with van der Waals surface area (Å²) in [5.41, 5.74) is 1.85. The molecule has 4 rings (SSSR count). The Balaban J connectivity index is 1.40. The molecule has 0 unspecified atom stereocenters. The Morgan fingerprint density at radius 3 is 2.47 bits per heavy atom. The Morgan fingerprint density at radius 1 is 1.06 bits per heavy atom. The number of ether oxygens (including phenoxy) is 2. The van der Waals surface area contributed by atoms with Gasteiger partial charge in [0.25, 0.3) is 5.91 Å². The van der Waals surface area contributed by atoms with Crippen molar-refractivity contribution < 1.29 is 23.5 Å². The molecule has 0 saturated heterocycles. The standard InChI is InChI=1S/C26H24ClNO5S/c1-26(2,3)15-5-8-17(9-6-15)32-14-18-10-12-20(33-18)24(29)28-16-7-11-19-21(13-16)34-23(22(19)27)25(30)31-4/h5-13H,14H2,1-4H3,(H,28,29). The average molecular weight is 498 g/mol. The number of nitrogens with one attached hydrogen (secondary N) is 1. The number of rotatable bonds is 6. The van der Waals surface area contributed by atoms with Gasteiger partial charge in [-0.3, -0.25) is 4.79 Å². The minimum atomic E-state index is -0.493. The van der Waals surface area contributed by atoms with E-state index >= 15 is 0 Å². The van der Waals surface area contributed by atoms with Gasteiger partial charge in [0.15, 0.2) is 5.76 Å². The number of hydrogen-bond donors (Lipinski definition) is 1. The van der Waals surface area contributed by atoms with E-state index in [0.717, 1.165) is 15.8 Å². The first-order chi connectivity index (χ1) is 16.2. The molecule has 0 radical (unpaired) electrons. The van der Waals surface area contributed by atoms with Crippen molar-refractivity contribution in [3.63, 3.8) is 0 Å². The summed E-state index contributed by atoms with van der Waals surface area (Å²) >= 11 is 7.49. The largest absolute Gasteiger partial charge is 0.486 e. The van der Waals surface area contributed by atoms with E-state index in [0.29, 0.717) is 21.3 Å². The third kappa shape index (κ3) is 5.11. The van der Waals surface area contributed by atoms with Gasteiger partial charge in [0.1, 0.15) is 23.0 Å². The molecule has 2 aromatic heterocycles. The van der Waals surface area contributed by atoms with Crippen molar-refractivity contribution in [2.45, 2.75) is 32.8 Å². The highest BCUT2D eigenvalue weighted by Crippen LogP contribution is 2.37. The number of methoxy groups -OCH3 is 1. The molecule has 176 valence electrons. The van der Waals surface area contributed by atoms with Gasteiger partial charge >= 0.3 is 5.97 Å². The van der Waals surface area contributed by atoms with Gasteiger partial charge in [-0.15, -0.1) is 11.3 Å². The van der Waals surface area contributed by atoms with Crippen molar-refractivity contribution in [1.29, 1.82) is 0 Å². The first-order valence-electron chi connectivity index (χ1n) is 10.6. The van der Waals surface area contributed by atoms with Crippen molar-refractivity contribution in [3.8, 4) is 5.75 Å². The van der Waals surface area contributed by atoms with E-state index < -0.39 is 11.9 Å². The first-order valence-corrected chi connectivity index (χ1v) is 11.8. The lowest BCUT2D eigenvalue weighted by atomic mass is 9.87. The molecule has 1 amide bonds. The summed E-state index contributed by atoms with van der Waals surface area (Å²) in [7, 11) is 1.31. The van der Waals surface area contributed by atoms with Gasteiger partial charge in [-0.25, -0.2) is 4.79 Å². The van der Waals surface area contributed by atoms with Crippen LogP contribution in [0.15, 0.2) is 59.0 Å². The number of fused-ring (bicyclic) bond motifs is 1. The van der Waals surface area contributed by atoms with Crippen LogP contribution in [0.3, 0.4) is 0 Å². The Hall–Kier alpha value is -3.29. The van der Waals surface area contributed by atoms with Gasteiger partial charge in [-0.05, 0) is 53.4 Å². The molecule has 0 fully saturated rings. The number of halogens is 1. The van der Waals surface area contributed by atoms with Crippen LogP contribution in [0.1, 0.15) is 52.3 Å². The third-order valence-corrected chi connectivity index (χ3v) is 6.88. The van der Waals surface area contributed by atoms with E-state index in [1.54, 1.807) is 30.3 Å². The normalized spacial score (nSPS) is 11.4. The van der Waals surface area contributed by atoms with Crippen LogP contribution in [0.5, 0.6) is 5.75 Å². The fourth-order valence-electron chi connectivity index (χ4n) is 3.34. The predicted octanol–water partition coefficient (Wildman–Crippen LogP) is 7.06. The Bertz CT molecular complexity index is 1350. The predicted molar refractivity (Wildman–Crippen MR) is 134 cm³/mol. The Kier molecular flexibility index (Phi) is 6.68. The lowest BCUT2D eigenvalue weighted by molar-refractivity contribution is 0.0606. The molecule has 0 aliphatic carbocycles. The number of amides is 1. The fraction of sp³-hybridized carbons (Fsp3) is 0.231. The molecule has 1 N–H and O–H groups in total. The van der Waals surface area contributed by atoms with Crippen LogP contribution < -0.4 is 10.1 Å². The van der Waals surface area contributed by atoms with Crippen molar-refractivity contribution >= 4 is 50.6 Å². The van der Waals surface area contributed by atoms with Crippen molar-refractivity contribution in [2.75, 3.05) is 12.4 Å². The molecule has 4 aromatic rings. The number of thiophene rings is 1. The van der Waals surface area contributed by atoms with Crippen LogP contribution in [0.4, 0.5) is 5.69 Å². The highest BCUT2D eigenvalue weighted by atomic mass is 35.5. The molecule has 2 aromatic carbocycles. The third-order valence-electron chi connectivity index (χ3n) is 5.24. The van der Waals surface area contributed by atoms with Gasteiger partial charge in [0.05, 0.1) is 12.1 Å². The zero-order chi connectivity index (χ0) is 24.5. The van der Waals surface area contributed by atoms with Gasteiger partial charge in [-0.1, -0.05) is 44.5 Å². The number of carbonyl (C=O) groups is 2. The summed E-state index contributed by atoms with van der Waals surface area (Å²) in [5.74, 6) is 0.544. The maximum atomic E-state index is 12.7. The van der Waals surface area contributed by atoms with Gasteiger partial charge in [-0.2, -0.15) is 0 Å². The van der Waals surface area contributed by atoms with Crippen LogP contribution in [-0.4, -0.2) is 19.0 Å². The van der Waals surface area contributed by atoms with Gasteiger partial charge < -0.3 is 19.2 Å². The van der Waals surface area contributed by atoms with E-state index in [9.17, 15) is 9.59 Å². The minimum absolute atomic E-state index is 0.0751. The average Bonchev–Trinajstić information content (AvgIpc) is 3.41. The summed E-state index contributed by atoms with van der Waals surface area (Å²) in [5, 5.41) is 3.87. The van der Waals surface area contributed by atoms with E-state index in [1.807, 2.05) is 24.3 Å². The Labute approximate surface area is 206 Å². The second-order valence-electron chi connectivity index (χ2n) is 8.73. The van der Waals surface area contributed by atoms with Crippen LogP contribution in [0.2, 0.25) is 5.02 Å². The van der Waals surface area contributed by atoms with Crippen molar-refractivity contribution in [1.82, 2.24) is 0 Å². The first kappa shape index (κ1) is 23.9. The number of carbonyl (C=O) groups excluding carboxylic acids is 2. The summed E-state index contributed by atoms with van der Waals surface area (Å²) in [6.07, 6.45) is 0. The molecule has 8 heteroatoms. The van der Waals surface area contributed by atoms with Gasteiger partial charge in [0, 0.05) is 15.8 Å². The Morgan fingerprint density at radius 2 is 1.79 bits per heavy atom. The maximum absolute atomic E-state index is 12.7. The van der Waals surface area contributed by atoms with E-state index in [2.05, 4.69) is 26.1 Å². The SMILES string of the molecule is COC(=O)c1sc2cc(NC(=O)c3ccc(COc4ccc(C(C)(C)C)cc4)o3)ccc2c1Cl. The second-order valence-corrected chi connectivity index (χ2v) is 10.2. The number of benzene rings is 2. The van der Waals surface area contributed by atoms with Crippen LogP contribution >= 0.6 is 22.9 Å². The smallest absolute Gasteiger partial charge is 0.349 e. The monoisotopic (exact) mass is 497 g/mol. The molecular formula is C26H24ClNO5S. The number of anilines is 1. The quantitative estimate of drug-likeness (QED) is 0.288. The van der Waals surface area contributed by atoms with Crippen LogP contribution in [-0.2, 0) is 16.8 Å². The molecule has 34 heavy (non-hydrogen) atoms. The molecule has 6 nitrogen and oxygen atoms in total. The van der Waals surface area contributed by atoms with Gasteiger partial charge in [0.2, 0.25) is 0 Å². The molecule has 0 saturated carbocycles. The molecular weight excluding hydrogens is 474 g/mol. The second kappa shape index (κ2) is 9.52. The topological polar surface area (TPSA) is 77.8 Å². The minimum Gasteiger partial charge on any atom is -0.486 e. The summed E-state index contributed by atoms with van der Waals surface area (Å²) in [6, 6.07) is 16.5. The molecule has 0 aliphatic rings. The maximum Gasteiger partial charge on any atom is 0.349 e. The summed E-state index contributed by atoms with van der Waals surface area (Å²) < 4.78 is 17.0. The zero-order valence-electron chi connectivity index (χ0n) is 19.2. The van der Waals surface area contributed by atoms with E-state index in [1.165, 1.54) is 24.0 Å². The van der Waals surface area contributed by atoms with E-state index in [-0.39, 0.29) is 17.8 Å². The lowest BCUT2D eigenvalue weighted by Crippen LogP contribution is -2.10. The zero-order valence-corrected chi connectivity index (χ0v) is 20.8. The van der Waals surface area contributed by atoms with Crippen molar-refractivity contribution in [2.24, 2.45) is 0 Å². The highest BCUT2D eigenvalue weighted by Gasteiger charge is 2.19. The highest BCUT2D eigenvalue weighted by molar-refractivity contribution is 7.21.